The van der Waals surface area contributed by atoms with Crippen LogP contribution in [0.5, 0.6) is 0 Å². The molecule has 2 aliphatic heterocycles. The first-order valence-corrected chi connectivity index (χ1v) is 10.6. The van der Waals surface area contributed by atoms with Crippen LogP contribution in [0.25, 0.3) is 0 Å². The molecule has 0 aliphatic carbocycles. The number of hydrogen-bond donors (Lipinski definition) is 1. The number of amides is 1. The van der Waals surface area contributed by atoms with Gasteiger partial charge in [0.1, 0.15) is 11.4 Å². The molecule has 0 spiro atoms. The molecule has 1 fully saturated rings. The second kappa shape index (κ2) is 8.63. The summed E-state index contributed by atoms with van der Waals surface area (Å²) in [5.74, 6) is -1.70. The largest absolute Gasteiger partial charge is 0.477 e. The molecule has 2 aliphatic rings. The lowest BCUT2D eigenvalue weighted by Crippen LogP contribution is -2.40. The Kier molecular flexibility index (Phi) is 5.91. The second-order valence-corrected chi connectivity index (χ2v) is 8.24. The molecule has 0 radical (unpaired) electrons. The van der Waals surface area contributed by atoms with Crippen molar-refractivity contribution in [1.29, 1.82) is 0 Å². The molecule has 1 amide bonds. The fraction of sp³-hybridized carbons (Fsp3) is 0.435. The zero-order valence-electron chi connectivity index (χ0n) is 17.5. The van der Waals surface area contributed by atoms with Crippen LogP contribution in [0, 0.1) is 5.82 Å². The minimum atomic E-state index is -1.27. The highest BCUT2D eigenvalue weighted by Gasteiger charge is 2.30. The highest BCUT2D eigenvalue weighted by atomic mass is 19.1. The predicted octanol–water partition coefficient (Wildman–Crippen LogP) is 2.43. The predicted molar refractivity (Wildman–Crippen MR) is 112 cm³/mol. The molecule has 164 valence electrons. The van der Waals surface area contributed by atoms with Gasteiger partial charge in [-0.3, -0.25) is 14.5 Å². The van der Waals surface area contributed by atoms with Crippen LogP contribution in [0.15, 0.2) is 35.3 Å². The van der Waals surface area contributed by atoms with Gasteiger partial charge in [-0.15, -0.1) is 0 Å². The molecule has 0 saturated carbocycles. The van der Waals surface area contributed by atoms with E-state index in [-0.39, 0.29) is 36.4 Å². The molecule has 1 aromatic carbocycles. The van der Waals surface area contributed by atoms with E-state index in [4.69, 9.17) is 0 Å². The van der Waals surface area contributed by atoms with Crippen molar-refractivity contribution in [3.63, 3.8) is 0 Å². The highest BCUT2D eigenvalue weighted by Crippen LogP contribution is 2.29. The van der Waals surface area contributed by atoms with Gasteiger partial charge in [0.05, 0.1) is 6.04 Å². The van der Waals surface area contributed by atoms with Crippen LogP contribution >= 0.6 is 0 Å². The number of benzene rings is 1. The molecule has 1 saturated heterocycles. The van der Waals surface area contributed by atoms with Crippen LogP contribution in [0.2, 0.25) is 0 Å². The minimum Gasteiger partial charge on any atom is -0.477 e. The van der Waals surface area contributed by atoms with Crippen LogP contribution in [0.4, 0.5) is 4.39 Å². The minimum absolute atomic E-state index is 0.0958. The Balaban J connectivity index is 1.79. The first kappa shape index (κ1) is 21.2. The summed E-state index contributed by atoms with van der Waals surface area (Å²) in [5, 5.41) is 9.76. The van der Waals surface area contributed by atoms with E-state index >= 15 is 0 Å². The maximum absolute atomic E-state index is 14.7. The van der Waals surface area contributed by atoms with E-state index < -0.39 is 11.5 Å². The van der Waals surface area contributed by atoms with Crippen LogP contribution in [0.3, 0.4) is 0 Å². The lowest BCUT2D eigenvalue weighted by Gasteiger charge is -2.31. The van der Waals surface area contributed by atoms with Gasteiger partial charge >= 0.3 is 5.97 Å². The number of carboxylic acids is 1. The number of aromatic carboxylic acids is 1. The summed E-state index contributed by atoms with van der Waals surface area (Å²) in [4.78, 5) is 40.7. The number of carboxylic acid groups (broad SMARTS) is 1. The number of carbonyl (C=O) groups excluding carboxylic acids is 1. The molecule has 3 heterocycles. The molecule has 8 heteroatoms. The van der Waals surface area contributed by atoms with Gasteiger partial charge in [0.2, 0.25) is 5.91 Å². The fourth-order valence-corrected chi connectivity index (χ4v) is 4.73. The number of hydrogen-bond acceptors (Lipinski definition) is 4. The fourth-order valence-electron chi connectivity index (χ4n) is 4.73. The zero-order chi connectivity index (χ0) is 22.1. The Bertz CT molecular complexity index is 1070. The molecular formula is C23H26FN3O4. The molecule has 1 N–H and O–H groups in total. The third-order valence-electron chi connectivity index (χ3n) is 6.34. The second-order valence-electron chi connectivity index (χ2n) is 8.24. The summed E-state index contributed by atoms with van der Waals surface area (Å²) in [6.45, 7) is 3.86. The van der Waals surface area contributed by atoms with Gasteiger partial charge in [-0.25, -0.2) is 9.18 Å². The van der Waals surface area contributed by atoms with Gasteiger partial charge in [0.15, 0.2) is 0 Å². The highest BCUT2D eigenvalue weighted by molar-refractivity contribution is 5.89. The number of rotatable bonds is 5. The van der Waals surface area contributed by atoms with Gasteiger partial charge < -0.3 is 14.6 Å². The standard InChI is InChI=1S/C23H26FN3O4/c1-15(28)26-11-8-17-16(12-26)13-27(22(29)21(17)23(30)31)14-20(25-9-4-5-10-25)18-6-2-3-7-19(18)24/h2-3,6-7,13,20H,4-5,8-12,14H2,1H3,(H,30,31). The van der Waals surface area contributed by atoms with E-state index in [0.29, 0.717) is 29.7 Å². The first-order valence-electron chi connectivity index (χ1n) is 10.6. The van der Waals surface area contributed by atoms with Crippen LogP contribution < -0.4 is 5.56 Å². The molecule has 2 aromatic rings. The molecular weight excluding hydrogens is 401 g/mol. The number of carbonyl (C=O) groups is 2. The van der Waals surface area contributed by atoms with Gasteiger partial charge in [0, 0.05) is 38.3 Å². The third kappa shape index (κ3) is 4.12. The van der Waals surface area contributed by atoms with E-state index in [1.807, 2.05) is 0 Å². The van der Waals surface area contributed by atoms with Crippen molar-refractivity contribution in [2.24, 2.45) is 0 Å². The molecule has 4 rings (SSSR count). The average Bonchev–Trinajstić information content (AvgIpc) is 3.26. The number of likely N-dealkylation sites (tertiary alicyclic amines) is 1. The molecule has 1 unspecified atom stereocenters. The smallest absolute Gasteiger partial charge is 0.341 e. The maximum Gasteiger partial charge on any atom is 0.341 e. The Morgan fingerprint density at radius 1 is 1.16 bits per heavy atom. The molecule has 0 bridgehead atoms. The van der Waals surface area contributed by atoms with Crippen molar-refractivity contribution < 1.29 is 19.1 Å². The summed E-state index contributed by atoms with van der Waals surface area (Å²) in [6.07, 6.45) is 3.98. The zero-order valence-corrected chi connectivity index (χ0v) is 17.5. The van der Waals surface area contributed by atoms with Gasteiger partial charge in [-0.05, 0) is 49.5 Å². The Morgan fingerprint density at radius 3 is 2.52 bits per heavy atom. The summed E-state index contributed by atoms with van der Waals surface area (Å²) >= 11 is 0. The Labute approximate surface area is 179 Å². The van der Waals surface area contributed by atoms with E-state index in [1.54, 1.807) is 29.3 Å². The lowest BCUT2D eigenvalue weighted by molar-refractivity contribution is -0.129. The van der Waals surface area contributed by atoms with Crippen LogP contribution in [0.1, 0.15) is 52.9 Å². The van der Waals surface area contributed by atoms with E-state index in [2.05, 4.69) is 4.90 Å². The molecule has 1 atom stereocenters. The average molecular weight is 427 g/mol. The Morgan fingerprint density at radius 2 is 1.87 bits per heavy atom. The van der Waals surface area contributed by atoms with Crippen molar-refractivity contribution in [2.45, 2.75) is 45.3 Å². The first-order chi connectivity index (χ1) is 14.9. The van der Waals surface area contributed by atoms with Crippen molar-refractivity contribution in [3.8, 4) is 0 Å². The number of pyridine rings is 1. The lowest BCUT2D eigenvalue weighted by atomic mass is 9.96. The summed E-state index contributed by atoms with van der Waals surface area (Å²) in [7, 11) is 0. The molecule has 1 aromatic heterocycles. The number of nitrogens with zero attached hydrogens (tertiary/aromatic N) is 3. The summed E-state index contributed by atoms with van der Waals surface area (Å²) < 4.78 is 16.1. The molecule has 7 nitrogen and oxygen atoms in total. The summed E-state index contributed by atoms with van der Waals surface area (Å²) in [5.41, 5.74) is 0.829. The number of halogens is 1. The SMILES string of the molecule is CC(=O)N1CCc2c(cn(CC(c3ccccc3F)N3CCCC3)c(=O)c2C(=O)O)C1. The van der Waals surface area contributed by atoms with E-state index in [0.717, 1.165) is 25.9 Å². The van der Waals surface area contributed by atoms with Gasteiger partial charge in [0.25, 0.3) is 5.56 Å². The number of aromatic nitrogens is 1. The van der Waals surface area contributed by atoms with Crippen molar-refractivity contribution in [3.05, 3.63) is 68.9 Å². The van der Waals surface area contributed by atoms with Crippen molar-refractivity contribution in [1.82, 2.24) is 14.4 Å². The number of fused-ring (bicyclic) bond motifs is 1. The topological polar surface area (TPSA) is 82.9 Å². The summed E-state index contributed by atoms with van der Waals surface area (Å²) in [6, 6.07) is 6.14. The van der Waals surface area contributed by atoms with E-state index in [9.17, 15) is 23.9 Å². The monoisotopic (exact) mass is 427 g/mol. The maximum atomic E-state index is 14.7. The normalized spacial score (nSPS) is 17.4. The Hall–Kier alpha value is -3.00. The quantitative estimate of drug-likeness (QED) is 0.793. The van der Waals surface area contributed by atoms with Gasteiger partial charge in [-0.1, -0.05) is 18.2 Å². The van der Waals surface area contributed by atoms with Crippen molar-refractivity contribution in [2.75, 3.05) is 19.6 Å². The molecule has 31 heavy (non-hydrogen) atoms. The van der Waals surface area contributed by atoms with E-state index in [1.165, 1.54) is 17.6 Å². The van der Waals surface area contributed by atoms with Crippen LogP contribution in [-0.2, 0) is 24.3 Å². The van der Waals surface area contributed by atoms with Crippen molar-refractivity contribution >= 4 is 11.9 Å². The van der Waals surface area contributed by atoms with Crippen LogP contribution in [-0.4, -0.2) is 51.0 Å². The van der Waals surface area contributed by atoms with Gasteiger partial charge in [-0.2, -0.15) is 0 Å². The third-order valence-corrected chi connectivity index (χ3v) is 6.34.